The molecule has 0 bridgehead atoms. The smallest absolute Gasteiger partial charge is 0.465 e. The Morgan fingerprint density at radius 3 is 2.65 bits per heavy atom. The third-order valence-corrected chi connectivity index (χ3v) is 2.60. The molecule has 0 aromatic carbocycles. The van der Waals surface area contributed by atoms with Gasteiger partial charge in [0.05, 0.1) is 7.11 Å². The van der Waals surface area contributed by atoms with Gasteiger partial charge in [-0.05, 0) is 12.1 Å². The number of hydrogen-bond acceptors (Lipinski definition) is 8. The molecule has 2 aromatic rings. The van der Waals surface area contributed by atoms with E-state index in [1.165, 1.54) is 18.3 Å². The number of nitrogens with two attached hydrogens (primary N) is 1. The lowest BCUT2D eigenvalue weighted by Gasteiger charge is -2.18. The molecule has 0 saturated heterocycles. The van der Waals surface area contributed by atoms with Gasteiger partial charge < -0.3 is 4.74 Å². The van der Waals surface area contributed by atoms with Gasteiger partial charge in [-0.15, -0.1) is 13.2 Å². The molecule has 0 saturated carbocycles. The molecule has 0 unspecified atom stereocenters. The van der Waals surface area contributed by atoms with E-state index in [2.05, 4.69) is 19.7 Å². The number of hydrazine groups is 1. The Morgan fingerprint density at radius 2 is 2.09 bits per heavy atom. The highest BCUT2D eigenvalue weighted by Crippen LogP contribution is 2.20. The van der Waals surface area contributed by atoms with Crippen molar-refractivity contribution in [2.75, 3.05) is 12.1 Å². The van der Waals surface area contributed by atoms with Crippen LogP contribution in [0.1, 0.15) is 10.4 Å². The Kier molecular flexibility index (Phi) is 4.27. The second-order valence-electron chi connectivity index (χ2n) is 4.01. The van der Waals surface area contributed by atoms with Crippen molar-refractivity contribution in [3.05, 3.63) is 40.7 Å². The summed E-state index contributed by atoms with van der Waals surface area (Å²) in [6, 6.07) is 2.74. The molecular weight excluding hydrogens is 321 g/mol. The number of rotatable bonds is 3. The number of pyridine rings is 1. The third kappa shape index (κ3) is 3.26. The fourth-order valence-electron chi connectivity index (χ4n) is 1.56. The fourth-order valence-corrected chi connectivity index (χ4v) is 1.56. The zero-order valence-electron chi connectivity index (χ0n) is 11.5. The SMILES string of the molecule is COC(=O)c1cccnc1-n1cnc(N(N)C(F)(F)F)nc1=O. The van der Waals surface area contributed by atoms with Crippen LogP contribution in [0.5, 0.6) is 0 Å². The van der Waals surface area contributed by atoms with Crippen LogP contribution in [0.3, 0.4) is 0 Å². The predicted octanol–water partition coefficient (Wildman–Crippen LogP) is 0.00900. The summed E-state index contributed by atoms with van der Waals surface area (Å²) in [5.41, 5.74) is -1.24. The summed E-state index contributed by atoms with van der Waals surface area (Å²) in [4.78, 5) is 33.8. The molecule has 2 N–H and O–H groups in total. The molecule has 2 aromatic heterocycles. The summed E-state index contributed by atoms with van der Waals surface area (Å²) in [6.07, 6.45) is -2.96. The Labute approximate surface area is 126 Å². The van der Waals surface area contributed by atoms with Crippen LogP contribution in [0.15, 0.2) is 29.5 Å². The van der Waals surface area contributed by atoms with Gasteiger partial charge in [-0.3, -0.25) is 0 Å². The molecule has 0 amide bonds. The second-order valence-corrected chi connectivity index (χ2v) is 4.01. The van der Waals surface area contributed by atoms with Crippen molar-refractivity contribution in [1.29, 1.82) is 0 Å². The van der Waals surface area contributed by atoms with Crippen LogP contribution in [-0.2, 0) is 4.74 Å². The first kappa shape index (κ1) is 16.4. The second kappa shape index (κ2) is 6.00. The number of nitrogens with zero attached hydrogens (tertiary/aromatic N) is 5. The van der Waals surface area contributed by atoms with E-state index in [1.54, 1.807) is 0 Å². The molecule has 0 atom stereocenters. The maximum atomic E-state index is 12.4. The van der Waals surface area contributed by atoms with Crippen LogP contribution in [0.4, 0.5) is 19.1 Å². The van der Waals surface area contributed by atoms with Crippen molar-refractivity contribution in [3.8, 4) is 5.82 Å². The fraction of sp³-hybridized carbons (Fsp3) is 0.182. The van der Waals surface area contributed by atoms with Gasteiger partial charge in [0.25, 0.3) is 5.95 Å². The van der Waals surface area contributed by atoms with E-state index in [9.17, 15) is 22.8 Å². The van der Waals surface area contributed by atoms with E-state index >= 15 is 0 Å². The first-order valence-corrected chi connectivity index (χ1v) is 5.86. The van der Waals surface area contributed by atoms with Gasteiger partial charge in [0, 0.05) is 6.20 Å². The number of carbonyl (C=O) groups excluding carboxylic acids is 1. The van der Waals surface area contributed by atoms with Gasteiger partial charge in [-0.25, -0.2) is 30.0 Å². The van der Waals surface area contributed by atoms with Crippen LogP contribution < -0.4 is 16.5 Å². The Morgan fingerprint density at radius 1 is 1.39 bits per heavy atom. The Bertz CT molecular complexity index is 791. The van der Waals surface area contributed by atoms with Crippen molar-refractivity contribution in [1.82, 2.24) is 19.5 Å². The molecule has 0 aliphatic carbocycles. The molecule has 0 fully saturated rings. The molecule has 0 aliphatic rings. The monoisotopic (exact) mass is 330 g/mol. The minimum atomic E-state index is -4.96. The molecule has 23 heavy (non-hydrogen) atoms. The number of carbonyl (C=O) groups is 1. The molecule has 2 heterocycles. The van der Waals surface area contributed by atoms with Crippen LogP contribution >= 0.6 is 0 Å². The highest BCUT2D eigenvalue weighted by atomic mass is 19.4. The van der Waals surface area contributed by atoms with Gasteiger partial charge >= 0.3 is 18.0 Å². The maximum Gasteiger partial charge on any atom is 0.501 e. The van der Waals surface area contributed by atoms with Crippen molar-refractivity contribution >= 4 is 11.9 Å². The van der Waals surface area contributed by atoms with Crippen LogP contribution in [0, 0.1) is 0 Å². The number of anilines is 1. The molecule has 2 rings (SSSR count). The van der Waals surface area contributed by atoms with E-state index in [1.807, 2.05) is 0 Å². The Hall–Kier alpha value is -3.02. The first-order chi connectivity index (χ1) is 10.8. The van der Waals surface area contributed by atoms with Crippen LogP contribution in [0.2, 0.25) is 0 Å². The molecule has 122 valence electrons. The summed E-state index contributed by atoms with van der Waals surface area (Å²) < 4.78 is 42.6. The average Bonchev–Trinajstić information content (AvgIpc) is 2.52. The molecule has 12 heteroatoms. The van der Waals surface area contributed by atoms with Crippen molar-refractivity contribution < 1.29 is 22.7 Å². The van der Waals surface area contributed by atoms with Gasteiger partial charge in [0.15, 0.2) is 5.82 Å². The van der Waals surface area contributed by atoms with Crippen molar-refractivity contribution in [2.24, 2.45) is 5.84 Å². The highest BCUT2D eigenvalue weighted by molar-refractivity contribution is 5.92. The molecule has 0 radical (unpaired) electrons. The summed E-state index contributed by atoms with van der Waals surface area (Å²) >= 11 is 0. The maximum absolute atomic E-state index is 12.4. The number of alkyl halides is 3. The predicted molar refractivity (Wildman–Crippen MR) is 69.5 cm³/mol. The van der Waals surface area contributed by atoms with Crippen LogP contribution in [0.25, 0.3) is 5.82 Å². The van der Waals surface area contributed by atoms with Gasteiger partial charge in [0.1, 0.15) is 11.9 Å². The van der Waals surface area contributed by atoms with E-state index in [-0.39, 0.29) is 11.4 Å². The summed E-state index contributed by atoms with van der Waals surface area (Å²) in [6.45, 7) is 0. The quantitative estimate of drug-likeness (QED) is 0.362. The lowest BCUT2D eigenvalue weighted by Crippen LogP contribution is -2.46. The largest absolute Gasteiger partial charge is 0.501 e. The summed E-state index contributed by atoms with van der Waals surface area (Å²) in [5.74, 6) is 2.75. The molecule has 9 nitrogen and oxygen atoms in total. The average molecular weight is 330 g/mol. The normalized spacial score (nSPS) is 11.2. The van der Waals surface area contributed by atoms with E-state index in [4.69, 9.17) is 5.84 Å². The molecule has 0 spiro atoms. The lowest BCUT2D eigenvalue weighted by atomic mass is 10.2. The number of hydrogen-bond donors (Lipinski definition) is 1. The number of ether oxygens (including phenoxy) is 1. The summed E-state index contributed by atoms with van der Waals surface area (Å²) in [5, 5.41) is -0.710. The molecule has 0 aliphatic heterocycles. The topological polar surface area (TPSA) is 116 Å². The van der Waals surface area contributed by atoms with Gasteiger partial charge in [0.2, 0.25) is 0 Å². The lowest BCUT2D eigenvalue weighted by molar-refractivity contribution is -0.130. The number of aromatic nitrogens is 4. The minimum Gasteiger partial charge on any atom is -0.465 e. The zero-order valence-corrected chi connectivity index (χ0v) is 11.5. The minimum absolute atomic E-state index is 0.0890. The van der Waals surface area contributed by atoms with Crippen LogP contribution in [-0.4, -0.2) is 38.9 Å². The number of halogens is 3. The zero-order chi connectivity index (χ0) is 17.2. The number of methoxy groups -OCH3 is 1. The Balaban J connectivity index is 2.52. The highest BCUT2D eigenvalue weighted by Gasteiger charge is 2.37. The van der Waals surface area contributed by atoms with Gasteiger partial charge in [-0.1, -0.05) is 0 Å². The van der Waals surface area contributed by atoms with E-state index in [0.29, 0.717) is 4.57 Å². The van der Waals surface area contributed by atoms with Crippen molar-refractivity contribution in [3.63, 3.8) is 0 Å². The van der Waals surface area contributed by atoms with E-state index < -0.39 is 28.9 Å². The molecular formula is C11H9F3N6O3. The van der Waals surface area contributed by atoms with Crippen molar-refractivity contribution in [2.45, 2.75) is 6.30 Å². The first-order valence-electron chi connectivity index (χ1n) is 5.86. The standard InChI is InChI=1S/C11H9F3N6O3/c1-23-8(21)6-3-2-4-16-7(6)19-5-17-9(18-10(19)22)20(15)11(12,13)14/h2-5H,15H2,1H3. The number of esters is 1. The van der Waals surface area contributed by atoms with E-state index in [0.717, 1.165) is 13.4 Å². The third-order valence-electron chi connectivity index (χ3n) is 2.60. The summed E-state index contributed by atoms with van der Waals surface area (Å²) in [7, 11) is 1.12. The van der Waals surface area contributed by atoms with Gasteiger partial charge in [-0.2, -0.15) is 9.99 Å².